The number of alkyl halides is 2. The third-order valence-electron chi connectivity index (χ3n) is 2.66. The van der Waals surface area contributed by atoms with Crippen LogP contribution in [0.2, 0.25) is 0 Å². The van der Waals surface area contributed by atoms with E-state index in [1.54, 1.807) is 0 Å². The Morgan fingerprint density at radius 1 is 1.33 bits per heavy atom. The predicted molar refractivity (Wildman–Crippen MR) is 40.2 cm³/mol. The predicted octanol–water partition coefficient (Wildman–Crippen LogP) is 2.78. The van der Waals surface area contributed by atoms with Crippen molar-refractivity contribution in [3.05, 3.63) is 0 Å². The molecule has 52 valence electrons. The van der Waals surface area contributed by atoms with E-state index < -0.39 is 0 Å². The molecule has 2 bridgehead atoms. The normalized spacial score (nSPS) is 56.7. The van der Waals surface area contributed by atoms with Crippen LogP contribution in [0.4, 0.5) is 0 Å². The fraction of sp³-hybridized carbons (Fsp3) is 1.00. The Balaban J connectivity index is 2.19. The largest absolute Gasteiger partial charge is 0.123 e. The van der Waals surface area contributed by atoms with Gasteiger partial charge in [0, 0.05) is 10.3 Å². The number of hydrogen-bond acceptors (Lipinski definition) is 0. The second kappa shape index (κ2) is 1.79. The molecule has 0 heterocycles. The van der Waals surface area contributed by atoms with Gasteiger partial charge < -0.3 is 0 Å². The first-order valence-electron chi connectivity index (χ1n) is 3.53. The van der Waals surface area contributed by atoms with Gasteiger partial charge in [-0.2, -0.15) is 0 Å². The minimum absolute atomic E-state index is 0.122. The molecule has 0 aromatic rings. The van der Waals surface area contributed by atoms with E-state index in [0.29, 0.717) is 5.38 Å². The zero-order chi connectivity index (χ0) is 6.48. The van der Waals surface area contributed by atoms with E-state index in [9.17, 15) is 0 Å². The minimum atomic E-state index is 0.122. The maximum Gasteiger partial charge on any atom is 0.0464 e. The standard InChI is InChI=1S/C7H10Cl2/c8-6-4-7(9)2-1-5(6)3-7/h5-6H,1-4H2/t5-,6+,7-/m0/s1. The monoisotopic (exact) mass is 164 g/mol. The summed E-state index contributed by atoms with van der Waals surface area (Å²) in [6.45, 7) is 0. The summed E-state index contributed by atoms with van der Waals surface area (Å²) in [6.07, 6.45) is 4.67. The van der Waals surface area contributed by atoms with Crippen LogP contribution in [0.3, 0.4) is 0 Å². The summed E-state index contributed by atoms with van der Waals surface area (Å²) in [5.41, 5.74) is 0. The van der Waals surface area contributed by atoms with Crippen LogP contribution in [0.25, 0.3) is 0 Å². The summed E-state index contributed by atoms with van der Waals surface area (Å²) < 4.78 is 0. The van der Waals surface area contributed by atoms with Crippen LogP contribution in [-0.2, 0) is 0 Å². The van der Waals surface area contributed by atoms with Crippen molar-refractivity contribution < 1.29 is 0 Å². The quantitative estimate of drug-likeness (QED) is 0.484. The molecule has 2 rings (SSSR count). The van der Waals surface area contributed by atoms with E-state index in [1.807, 2.05) is 0 Å². The van der Waals surface area contributed by atoms with Gasteiger partial charge in [0.2, 0.25) is 0 Å². The molecule has 0 N–H and O–H groups in total. The van der Waals surface area contributed by atoms with Gasteiger partial charge >= 0.3 is 0 Å². The van der Waals surface area contributed by atoms with Gasteiger partial charge in [0.05, 0.1) is 0 Å². The van der Waals surface area contributed by atoms with Crippen molar-refractivity contribution in [2.24, 2.45) is 5.92 Å². The van der Waals surface area contributed by atoms with Crippen molar-refractivity contribution in [2.45, 2.75) is 35.9 Å². The Labute approximate surface area is 65.5 Å². The molecule has 0 nitrogen and oxygen atoms in total. The molecule has 3 atom stereocenters. The molecule has 0 aliphatic heterocycles. The highest BCUT2D eigenvalue weighted by molar-refractivity contribution is 6.27. The molecule has 0 unspecified atom stereocenters. The smallest absolute Gasteiger partial charge is 0.0464 e. The van der Waals surface area contributed by atoms with E-state index in [0.717, 1.165) is 12.3 Å². The molecule has 0 aromatic carbocycles. The third-order valence-corrected chi connectivity index (χ3v) is 3.67. The Morgan fingerprint density at radius 3 is 2.33 bits per heavy atom. The van der Waals surface area contributed by atoms with Gasteiger partial charge in [-0.15, -0.1) is 23.2 Å². The van der Waals surface area contributed by atoms with Crippen LogP contribution < -0.4 is 0 Å². The van der Waals surface area contributed by atoms with Gasteiger partial charge in [-0.25, -0.2) is 0 Å². The Hall–Kier alpha value is 0.580. The minimum Gasteiger partial charge on any atom is -0.123 e. The maximum absolute atomic E-state index is 6.21. The first kappa shape index (κ1) is 6.30. The van der Waals surface area contributed by atoms with Crippen LogP contribution in [0, 0.1) is 5.92 Å². The van der Waals surface area contributed by atoms with Gasteiger partial charge in [-0.3, -0.25) is 0 Å². The molecule has 0 saturated heterocycles. The second-order valence-corrected chi connectivity index (χ2v) is 4.74. The Bertz CT molecular complexity index is 131. The number of fused-ring (bicyclic) bond motifs is 2. The lowest BCUT2D eigenvalue weighted by atomic mass is 10.00. The van der Waals surface area contributed by atoms with Gasteiger partial charge in [0.25, 0.3) is 0 Å². The highest BCUT2D eigenvalue weighted by Crippen LogP contribution is 2.53. The molecule has 0 aromatic heterocycles. The molecule has 2 saturated carbocycles. The molecule has 2 aliphatic rings. The summed E-state index contributed by atoms with van der Waals surface area (Å²) >= 11 is 12.2. The van der Waals surface area contributed by atoms with Crippen molar-refractivity contribution in [3.63, 3.8) is 0 Å². The second-order valence-electron chi connectivity index (χ2n) is 3.37. The highest BCUT2D eigenvalue weighted by atomic mass is 35.5. The lowest BCUT2D eigenvalue weighted by Gasteiger charge is -2.19. The maximum atomic E-state index is 6.21. The lowest BCUT2D eigenvalue weighted by molar-refractivity contribution is 0.503. The molecule has 2 aliphatic carbocycles. The zero-order valence-corrected chi connectivity index (χ0v) is 6.75. The topological polar surface area (TPSA) is 0 Å². The van der Waals surface area contributed by atoms with Crippen LogP contribution in [0.15, 0.2) is 0 Å². The molecule has 0 spiro atoms. The van der Waals surface area contributed by atoms with Gasteiger partial charge in [-0.1, -0.05) is 0 Å². The number of halogens is 2. The van der Waals surface area contributed by atoms with Crippen LogP contribution in [0.5, 0.6) is 0 Å². The Morgan fingerprint density at radius 2 is 2.11 bits per heavy atom. The molecule has 0 amide bonds. The van der Waals surface area contributed by atoms with E-state index in [2.05, 4.69) is 0 Å². The molecule has 0 radical (unpaired) electrons. The molecule has 9 heavy (non-hydrogen) atoms. The number of rotatable bonds is 0. The average Bonchev–Trinajstić information content (AvgIpc) is 2.20. The summed E-state index contributed by atoms with van der Waals surface area (Å²) in [7, 11) is 0. The van der Waals surface area contributed by atoms with Gasteiger partial charge in [-0.05, 0) is 31.6 Å². The number of hydrogen-bond donors (Lipinski definition) is 0. The van der Waals surface area contributed by atoms with E-state index in [1.165, 1.54) is 19.3 Å². The lowest BCUT2D eigenvalue weighted by Crippen LogP contribution is -2.17. The highest BCUT2D eigenvalue weighted by Gasteiger charge is 2.48. The summed E-state index contributed by atoms with van der Waals surface area (Å²) in [5, 5.41) is 0.385. The van der Waals surface area contributed by atoms with Crippen molar-refractivity contribution in [3.8, 4) is 0 Å². The summed E-state index contributed by atoms with van der Waals surface area (Å²) in [4.78, 5) is 0.122. The van der Waals surface area contributed by atoms with Crippen LogP contribution in [0.1, 0.15) is 25.7 Å². The van der Waals surface area contributed by atoms with Crippen molar-refractivity contribution in [1.82, 2.24) is 0 Å². The van der Waals surface area contributed by atoms with Crippen molar-refractivity contribution in [1.29, 1.82) is 0 Å². The molecular formula is C7H10Cl2. The van der Waals surface area contributed by atoms with Crippen LogP contribution in [-0.4, -0.2) is 10.3 Å². The zero-order valence-electron chi connectivity index (χ0n) is 5.24. The van der Waals surface area contributed by atoms with Crippen LogP contribution >= 0.6 is 23.2 Å². The van der Waals surface area contributed by atoms with Gasteiger partial charge in [0.1, 0.15) is 0 Å². The van der Waals surface area contributed by atoms with Crippen molar-refractivity contribution >= 4 is 23.2 Å². The average molecular weight is 165 g/mol. The molecule has 2 heteroatoms. The third kappa shape index (κ3) is 0.877. The van der Waals surface area contributed by atoms with E-state index >= 15 is 0 Å². The molecular weight excluding hydrogens is 155 g/mol. The fourth-order valence-electron chi connectivity index (χ4n) is 2.13. The van der Waals surface area contributed by atoms with E-state index in [4.69, 9.17) is 23.2 Å². The van der Waals surface area contributed by atoms with Crippen molar-refractivity contribution in [2.75, 3.05) is 0 Å². The first-order chi connectivity index (χ1) is 4.20. The Kier molecular flexibility index (Phi) is 1.26. The SMILES string of the molecule is Cl[C@@H]1C[C@]2(Cl)CC[C@H]1C2. The summed E-state index contributed by atoms with van der Waals surface area (Å²) in [6, 6.07) is 0. The molecule has 2 fully saturated rings. The fourth-order valence-corrected chi connectivity index (χ4v) is 3.19. The summed E-state index contributed by atoms with van der Waals surface area (Å²) in [5.74, 6) is 0.740. The first-order valence-corrected chi connectivity index (χ1v) is 4.34. The van der Waals surface area contributed by atoms with E-state index in [-0.39, 0.29) is 4.87 Å². The van der Waals surface area contributed by atoms with Gasteiger partial charge in [0.15, 0.2) is 0 Å².